The molecule has 1 aromatic heterocycles. The Morgan fingerprint density at radius 2 is 2.17 bits per heavy atom. The number of anilines is 2. The molecule has 0 spiro atoms. The average molecular weight is 175 g/mol. The molecule has 1 radical (unpaired) electrons. The Kier molecular flexibility index (Phi) is 2.05. The minimum atomic E-state index is 0.918. The van der Waals surface area contributed by atoms with Crippen molar-refractivity contribution in [2.45, 2.75) is 0 Å². The first kappa shape index (κ1) is 7.31. The van der Waals surface area contributed by atoms with Crippen LogP contribution < -0.4 is 5.32 Å². The van der Waals surface area contributed by atoms with Crippen LogP contribution in [0.2, 0.25) is 0 Å². The second-order valence-corrected chi connectivity index (χ2v) is 3.15. The van der Waals surface area contributed by atoms with Gasteiger partial charge in [0.25, 0.3) is 0 Å². The van der Waals surface area contributed by atoms with E-state index in [0.717, 1.165) is 10.8 Å². The fourth-order valence-electron chi connectivity index (χ4n) is 0.879. The van der Waals surface area contributed by atoms with E-state index in [2.05, 4.69) is 16.4 Å². The van der Waals surface area contributed by atoms with Crippen LogP contribution in [0, 0.1) is 6.07 Å². The van der Waals surface area contributed by atoms with Crippen molar-refractivity contribution in [2.24, 2.45) is 0 Å². The van der Waals surface area contributed by atoms with Crippen molar-refractivity contribution in [1.29, 1.82) is 0 Å². The van der Waals surface area contributed by atoms with E-state index in [9.17, 15) is 0 Å². The van der Waals surface area contributed by atoms with Crippen molar-refractivity contribution in [3.05, 3.63) is 41.9 Å². The molecule has 2 aromatic rings. The molecule has 0 saturated heterocycles. The van der Waals surface area contributed by atoms with E-state index >= 15 is 0 Å². The van der Waals surface area contributed by atoms with Crippen LogP contribution in [0.3, 0.4) is 0 Å². The van der Waals surface area contributed by atoms with Crippen molar-refractivity contribution in [2.75, 3.05) is 5.32 Å². The van der Waals surface area contributed by atoms with Gasteiger partial charge in [-0.3, -0.25) is 0 Å². The molecule has 59 valence electrons. The highest BCUT2D eigenvalue weighted by Gasteiger charge is 1.93. The second-order valence-electron chi connectivity index (χ2n) is 2.25. The molecule has 3 heteroatoms. The summed E-state index contributed by atoms with van der Waals surface area (Å²) in [5, 5.41) is 6.03. The van der Waals surface area contributed by atoms with E-state index in [0.29, 0.717) is 0 Å². The number of nitrogens with one attached hydrogen (secondary N) is 1. The van der Waals surface area contributed by atoms with Gasteiger partial charge >= 0.3 is 0 Å². The smallest absolute Gasteiger partial charge is 0.187 e. The van der Waals surface area contributed by atoms with Crippen molar-refractivity contribution in [1.82, 2.24) is 4.98 Å². The first-order valence-electron chi connectivity index (χ1n) is 3.58. The Balaban J connectivity index is 2.15. The normalized spacial score (nSPS) is 9.67. The lowest BCUT2D eigenvalue weighted by molar-refractivity contribution is 1.39. The second kappa shape index (κ2) is 3.36. The van der Waals surface area contributed by atoms with Crippen LogP contribution in [-0.2, 0) is 0 Å². The summed E-state index contributed by atoms with van der Waals surface area (Å²) in [5.41, 5.74) is 1.05. The number of aromatic nitrogens is 1. The Morgan fingerprint density at radius 1 is 1.33 bits per heavy atom. The molecule has 1 aromatic carbocycles. The van der Waals surface area contributed by atoms with E-state index in [1.165, 1.54) is 0 Å². The van der Waals surface area contributed by atoms with E-state index in [1.54, 1.807) is 17.5 Å². The molecule has 0 fully saturated rings. The monoisotopic (exact) mass is 175 g/mol. The third-order valence-electron chi connectivity index (χ3n) is 1.40. The lowest BCUT2D eigenvalue weighted by atomic mass is 10.3. The minimum absolute atomic E-state index is 0.918. The van der Waals surface area contributed by atoms with Crippen LogP contribution in [-0.4, -0.2) is 4.98 Å². The average Bonchev–Trinajstić information content (AvgIpc) is 2.59. The van der Waals surface area contributed by atoms with Crippen molar-refractivity contribution >= 4 is 22.2 Å². The van der Waals surface area contributed by atoms with Gasteiger partial charge < -0.3 is 5.32 Å². The zero-order chi connectivity index (χ0) is 8.23. The Hall–Kier alpha value is -1.35. The van der Waals surface area contributed by atoms with Crippen LogP contribution in [0.4, 0.5) is 10.8 Å². The number of nitrogens with zero attached hydrogens (tertiary/aromatic N) is 1. The maximum Gasteiger partial charge on any atom is 0.187 e. The summed E-state index contributed by atoms with van der Waals surface area (Å²) >= 11 is 1.59. The van der Waals surface area contributed by atoms with Gasteiger partial charge in [0.15, 0.2) is 5.13 Å². The zero-order valence-corrected chi connectivity index (χ0v) is 7.14. The van der Waals surface area contributed by atoms with Crippen molar-refractivity contribution in [3.63, 3.8) is 0 Å². The highest BCUT2D eigenvalue weighted by atomic mass is 32.1. The molecule has 0 aliphatic carbocycles. The molecule has 0 unspecified atom stereocenters. The van der Waals surface area contributed by atoms with Crippen molar-refractivity contribution in [3.8, 4) is 0 Å². The van der Waals surface area contributed by atoms with E-state index < -0.39 is 0 Å². The fourth-order valence-corrected chi connectivity index (χ4v) is 1.43. The van der Waals surface area contributed by atoms with Gasteiger partial charge in [0.1, 0.15) is 0 Å². The maximum atomic E-state index is 4.11. The van der Waals surface area contributed by atoms with Crippen molar-refractivity contribution < 1.29 is 0 Å². The van der Waals surface area contributed by atoms with Gasteiger partial charge in [0.05, 0.1) is 0 Å². The number of hydrogen-bond donors (Lipinski definition) is 1. The summed E-state index contributed by atoms with van der Waals surface area (Å²) in [4.78, 5) is 4.11. The van der Waals surface area contributed by atoms with Crippen LogP contribution in [0.25, 0.3) is 0 Å². The SMILES string of the molecule is [c]1ccc(Nc2nccs2)cc1. The topological polar surface area (TPSA) is 24.9 Å². The van der Waals surface area contributed by atoms with Crippen LogP contribution in [0.1, 0.15) is 0 Å². The van der Waals surface area contributed by atoms with Gasteiger partial charge in [-0.05, 0) is 18.2 Å². The molecule has 2 rings (SSSR count). The Morgan fingerprint density at radius 3 is 2.83 bits per heavy atom. The summed E-state index contributed by atoms with van der Waals surface area (Å²) in [6.45, 7) is 0. The van der Waals surface area contributed by atoms with Crippen LogP contribution in [0.15, 0.2) is 35.8 Å². The number of rotatable bonds is 2. The number of thiazole rings is 1. The summed E-state index contributed by atoms with van der Waals surface area (Å²) in [7, 11) is 0. The summed E-state index contributed by atoms with van der Waals surface area (Å²) in [5.74, 6) is 0. The molecule has 0 amide bonds. The molecular weight excluding hydrogens is 168 g/mol. The molecule has 0 saturated carbocycles. The largest absolute Gasteiger partial charge is 0.332 e. The molecule has 0 atom stereocenters. The molecule has 12 heavy (non-hydrogen) atoms. The summed E-state index contributed by atoms with van der Waals surface area (Å²) < 4.78 is 0. The molecule has 0 bridgehead atoms. The third-order valence-corrected chi connectivity index (χ3v) is 2.09. The highest BCUT2D eigenvalue weighted by molar-refractivity contribution is 7.13. The zero-order valence-electron chi connectivity index (χ0n) is 6.32. The van der Waals surface area contributed by atoms with Gasteiger partial charge in [-0.2, -0.15) is 0 Å². The standard InChI is InChI=1S/C9H7N2S/c1-2-4-8(5-3-1)11-9-10-6-7-12-9/h2-7H,(H,10,11). The lowest BCUT2D eigenvalue weighted by Gasteiger charge is -1.99. The molecule has 0 aliphatic rings. The highest BCUT2D eigenvalue weighted by Crippen LogP contribution is 2.17. The first-order chi connectivity index (χ1) is 5.95. The molecule has 2 nitrogen and oxygen atoms in total. The molecule has 1 heterocycles. The van der Waals surface area contributed by atoms with Gasteiger partial charge in [0.2, 0.25) is 0 Å². The molecule has 0 aliphatic heterocycles. The third kappa shape index (κ3) is 1.62. The first-order valence-corrected chi connectivity index (χ1v) is 4.46. The summed E-state index contributed by atoms with van der Waals surface area (Å²) in [6.07, 6.45) is 1.78. The van der Waals surface area contributed by atoms with Gasteiger partial charge in [-0.15, -0.1) is 11.3 Å². The van der Waals surface area contributed by atoms with E-state index in [1.807, 2.05) is 29.6 Å². The lowest BCUT2D eigenvalue weighted by Crippen LogP contribution is -1.87. The Labute approximate surface area is 74.9 Å². The van der Waals surface area contributed by atoms with E-state index in [4.69, 9.17) is 0 Å². The van der Waals surface area contributed by atoms with Crippen LogP contribution >= 0.6 is 11.3 Å². The molecular formula is C9H7N2S. The number of benzene rings is 1. The van der Waals surface area contributed by atoms with Crippen LogP contribution in [0.5, 0.6) is 0 Å². The number of hydrogen-bond acceptors (Lipinski definition) is 3. The fraction of sp³-hybridized carbons (Fsp3) is 0. The van der Waals surface area contributed by atoms with Gasteiger partial charge in [0, 0.05) is 17.3 Å². The predicted molar refractivity (Wildman–Crippen MR) is 50.7 cm³/mol. The molecule has 1 N–H and O–H groups in total. The van der Waals surface area contributed by atoms with E-state index in [-0.39, 0.29) is 0 Å². The maximum absolute atomic E-state index is 4.11. The van der Waals surface area contributed by atoms with Gasteiger partial charge in [-0.25, -0.2) is 4.98 Å². The van der Waals surface area contributed by atoms with Gasteiger partial charge in [-0.1, -0.05) is 12.1 Å². The quantitative estimate of drug-likeness (QED) is 0.759. The summed E-state index contributed by atoms with van der Waals surface area (Å²) in [6, 6.07) is 10.6. The Bertz CT molecular complexity index is 329. The minimum Gasteiger partial charge on any atom is -0.332 e. The predicted octanol–water partition coefficient (Wildman–Crippen LogP) is 2.69.